The van der Waals surface area contributed by atoms with Crippen molar-refractivity contribution in [1.29, 1.82) is 0 Å². The molecule has 3 aromatic rings. The average Bonchev–Trinajstić information content (AvgIpc) is 2.69. The Morgan fingerprint density at radius 2 is 1.83 bits per heavy atom. The first-order chi connectivity index (χ1) is 13.9. The number of aliphatic imine (C=N–C) groups is 1. The quantitative estimate of drug-likeness (QED) is 0.409. The number of allylic oxidation sites excluding steroid dienone is 1. The van der Waals surface area contributed by atoms with Crippen LogP contribution in [0.15, 0.2) is 65.7 Å². The van der Waals surface area contributed by atoms with Gasteiger partial charge >= 0.3 is 0 Å². The summed E-state index contributed by atoms with van der Waals surface area (Å²) < 4.78 is 0. The van der Waals surface area contributed by atoms with Crippen LogP contribution in [0.4, 0.5) is 11.4 Å². The van der Waals surface area contributed by atoms with Crippen LogP contribution < -0.4 is 4.90 Å². The number of halogens is 1. The predicted molar refractivity (Wildman–Crippen MR) is 128 cm³/mol. The second-order valence-electron chi connectivity index (χ2n) is 8.28. The van der Waals surface area contributed by atoms with E-state index in [0.717, 1.165) is 34.6 Å². The molecule has 0 unspecified atom stereocenters. The Balaban J connectivity index is 1.77. The van der Waals surface area contributed by atoms with Gasteiger partial charge in [-0.15, -0.1) is 0 Å². The summed E-state index contributed by atoms with van der Waals surface area (Å²) in [6.07, 6.45) is 5.34. The van der Waals surface area contributed by atoms with Crippen molar-refractivity contribution in [2.24, 2.45) is 4.99 Å². The van der Waals surface area contributed by atoms with Crippen molar-refractivity contribution in [3.63, 3.8) is 0 Å². The van der Waals surface area contributed by atoms with Gasteiger partial charge in [-0.1, -0.05) is 61.0 Å². The highest BCUT2D eigenvalue weighted by atomic mass is 35.5. The van der Waals surface area contributed by atoms with E-state index < -0.39 is 0 Å². The summed E-state index contributed by atoms with van der Waals surface area (Å²) in [7, 11) is 0. The van der Waals surface area contributed by atoms with Crippen LogP contribution in [0.25, 0.3) is 16.3 Å². The minimum Gasteiger partial charge on any atom is -0.362 e. The molecule has 3 heteroatoms. The van der Waals surface area contributed by atoms with Gasteiger partial charge in [0.05, 0.1) is 16.2 Å². The van der Waals surface area contributed by atoms with Gasteiger partial charge in [-0.2, -0.15) is 0 Å². The predicted octanol–water partition coefficient (Wildman–Crippen LogP) is 7.66. The van der Waals surface area contributed by atoms with E-state index in [0.29, 0.717) is 0 Å². The molecule has 0 spiro atoms. The molecule has 0 atom stereocenters. The fourth-order valence-electron chi connectivity index (χ4n) is 4.31. The van der Waals surface area contributed by atoms with Gasteiger partial charge in [-0.05, 0) is 56.4 Å². The summed E-state index contributed by atoms with van der Waals surface area (Å²) in [5.41, 5.74) is 5.62. The van der Waals surface area contributed by atoms with Crippen LogP contribution in [0.2, 0.25) is 5.02 Å². The highest BCUT2D eigenvalue weighted by Crippen LogP contribution is 2.41. The number of rotatable bonds is 4. The molecule has 1 aliphatic heterocycles. The molecular formula is C26H27ClN2. The minimum absolute atomic E-state index is 0.0189. The molecule has 0 N–H and O–H groups in total. The average molecular weight is 403 g/mol. The summed E-state index contributed by atoms with van der Waals surface area (Å²) in [5.74, 6) is 0. The van der Waals surface area contributed by atoms with Crippen LogP contribution in [-0.2, 0) is 0 Å². The second kappa shape index (κ2) is 7.68. The molecule has 3 aromatic carbocycles. The molecule has 0 saturated carbocycles. The first-order valence-corrected chi connectivity index (χ1v) is 10.6. The molecule has 0 aliphatic carbocycles. The zero-order chi connectivity index (χ0) is 20.6. The van der Waals surface area contributed by atoms with Gasteiger partial charge in [0.25, 0.3) is 0 Å². The van der Waals surface area contributed by atoms with Crippen LogP contribution in [-0.4, -0.2) is 18.3 Å². The zero-order valence-electron chi connectivity index (χ0n) is 17.5. The maximum atomic E-state index is 6.71. The number of anilines is 1. The van der Waals surface area contributed by atoms with Crippen molar-refractivity contribution in [2.45, 2.75) is 39.7 Å². The lowest BCUT2D eigenvalue weighted by atomic mass is 9.88. The van der Waals surface area contributed by atoms with Gasteiger partial charge in [0.1, 0.15) is 0 Å². The molecule has 2 nitrogen and oxygen atoms in total. The zero-order valence-corrected chi connectivity index (χ0v) is 18.3. The third kappa shape index (κ3) is 3.70. The Kier molecular flexibility index (Phi) is 5.23. The second-order valence-corrected chi connectivity index (χ2v) is 8.69. The van der Waals surface area contributed by atoms with E-state index >= 15 is 0 Å². The van der Waals surface area contributed by atoms with Crippen LogP contribution in [0.5, 0.6) is 0 Å². The standard InChI is InChI=1S/C26H27ClN2/c1-5-13-29-25-15-23(27)20(14-22(25)18(2)16-26(29,3)4)17-28-24-12-8-10-19-9-6-7-11-21(19)24/h6-12,14-17H,5,13H2,1-4H3. The molecule has 0 bridgehead atoms. The molecule has 0 fully saturated rings. The van der Waals surface area contributed by atoms with Gasteiger partial charge in [-0.25, -0.2) is 0 Å². The monoisotopic (exact) mass is 402 g/mol. The first-order valence-electron chi connectivity index (χ1n) is 10.2. The van der Waals surface area contributed by atoms with Crippen LogP contribution in [0, 0.1) is 0 Å². The van der Waals surface area contributed by atoms with Crippen molar-refractivity contribution in [3.05, 3.63) is 76.8 Å². The Hall–Kier alpha value is -2.58. The summed E-state index contributed by atoms with van der Waals surface area (Å²) >= 11 is 6.71. The van der Waals surface area contributed by atoms with E-state index in [4.69, 9.17) is 16.6 Å². The molecular weight excluding hydrogens is 376 g/mol. The smallest absolute Gasteiger partial charge is 0.0708 e. The van der Waals surface area contributed by atoms with Crippen LogP contribution >= 0.6 is 11.6 Å². The number of fused-ring (bicyclic) bond motifs is 2. The fourth-order valence-corrected chi connectivity index (χ4v) is 4.51. The SMILES string of the molecule is CCCN1c2cc(Cl)c(C=Nc3cccc4ccccc34)cc2C(C)=CC1(C)C. The van der Waals surface area contributed by atoms with Crippen molar-refractivity contribution >= 4 is 45.5 Å². The summed E-state index contributed by atoms with van der Waals surface area (Å²) in [6.45, 7) is 9.93. The number of benzene rings is 3. The normalized spacial score (nSPS) is 15.6. The molecule has 1 aliphatic rings. The lowest BCUT2D eigenvalue weighted by molar-refractivity contribution is 0.550. The molecule has 0 radical (unpaired) electrons. The third-order valence-corrected chi connectivity index (χ3v) is 5.98. The van der Waals surface area contributed by atoms with Crippen molar-refractivity contribution < 1.29 is 0 Å². The van der Waals surface area contributed by atoms with E-state index in [2.05, 4.69) is 75.1 Å². The number of hydrogen-bond acceptors (Lipinski definition) is 2. The first kappa shape index (κ1) is 19.7. The molecule has 0 amide bonds. The Morgan fingerprint density at radius 3 is 2.62 bits per heavy atom. The topological polar surface area (TPSA) is 15.6 Å². The summed E-state index contributed by atoms with van der Waals surface area (Å²) in [4.78, 5) is 7.23. The molecule has 148 valence electrons. The van der Waals surface area contributed by atoms with Crippen LogP contribution in [0.3, 0.4) is 0 Å². The van der Waals surface area contributed by atoms with Gasteiger partial charge < -0.3 is 4.90 Å². The van der Waals surface area contributed by atoms with Crippen molar-refractivity contribution in [2.75, 3.05) is 11.4 Å². The number of hydrogen-bond donors (Lipinski definition) is 0. The van der Waals surface area contributed by atoms with Gasteiger partial charge in [0.2, 0.25) is 0 Å². The van der Waals surface area contributed by atoms with E-state index in [1.165, 1.54) is 22.2 Å². The summed E-state index contributed by atoms with van der Waals surface area (Å²) in [5, 5.41) is 3.07. The van der Waals surface area contributed by atoms with Crippen molar-refractivity contribution in [1.82, 2.24) is 0 Å². The Morgan fingerprint density at radius 1 is 1.07 bits per heavy atom. The van der Waals surface area contributed by atoms with Gasteiger partial charge in [-0.3, -0.25) is 4.99 Å². The van der Waals surface area contributed by atoms with Gasteiger partial charge in [0.15, 0.2) is 0 Å². The highest BCUT2D eigenvalue weighted by Gasteiger charge is 2.31. The largest absolute Gasteiger partial charge is 0.362 e. The summed E-state index contributed by atoms with van der Waals surface area (Å²) in [6, 6.07) is 18.8. The van der Waals surface area contributed by atoms with E-state index in [1.807, 2.05) is 24.4 Å². The lowest BCUT2D eigenvalue weighted by Crippen LogP contribution is -2.45. The third-order valence-electron chi connectivity index (χ3n) is 5.65. The molecule has 4 rings (SSSR count). The van der Waals surface area contributed by atoms with Crippen molar-refractivity contribution in [3.8, 4) is 0 Å². The molecule has 0 saturated heterocycles. The number of nitrogens with zero attached hydrogens (tertiary/aromatic N) is 2. The van der Waals surface area contributed by atoms with E-state index in [1.54, 1.807) is 0 Å². The molecule has 1 heterocycles. The molecule has 0 aromatic heterocycles. The lowest BCUT2D eigenvalue weighted by Gasteiger charge is -2.43. The van der Waals surface area contributed by atoms with Crippen LogP contribution in [0.1, 0.15) is 45.2 Å². The Labute approximate surface area is 178 Å². The molecule has 29 heavy (non-hydrogen) atoms. The van der Waals surface area contributed by atoms with E-state index in [-0.39, 0.29) is 5.54 Å². The Bertz CT molecular complexity index is 1120. The van der Waals surface area contributed by atoms with Gasteiger partial charge in [0, 0.05) is 35.0 Å². The van der Waals surface area contributed by atoms with E-state index in [9.17, 15) is 0 Å². The highest BCUT2D eigenvalue weighted by molar-refractivity contribution is 6.33. The minimum atomic E-state index is -0.0189. The maximum Gasteiger partial charge on any atom is 0.0708 e. The fraction of sp³-hybridized carbons (Fsp3) is 0.269. The maximum absolute atomic E-state index is 6.71.